The summed E-state index contributed by atoms with van der Waals surface area (Å²) in [5.74, 6) is 0.916. The predicted octanol–water partition coefficient (Wildman–Crippen LogP) is 1.13. The van der Waals surface area contributed by atoms with Gasteiger partial charge in [0.25, 0.3) is 0 Å². The van der Waals surface area contributed by atoms with Gasteiger partial charge in [-0.05, 0) is 18.6 Å². The summed E-state index contributed by atoms with van der Waals surface area (Å²) in [6, 6.07) is 1.86. The number of hydrogen-bond donors (Lipinski definition) is 2. The maximum Gasteiger partial charge on any atom is 0.230 e. The molecule has 1 rings (SSSR count). The van der Waals surface area contributed by atoms with Gasteiger partial charge in [0.1, 0.15) is 5.76 Å². The van der Waals surface area contributed by atoms with Gasteiger partial charge >= 0.3 is 0 Å². The van der Waals surface area contributed by atoms with Crippen LogP contribution in [0.5, 0.6) is 0 Å². The molecule has 0 aromatic carbocycles. The highest BCUT2D eigenvalue weighted by atomic mass is 32.1. The number of nitrogens with one attached hydrogen (secondary N) is 1. The van der Waals surface area contributed by atoms with Gasteiger partial charge in [0, 0.05) is 0 Å². The van der Waals surface area contributed by atoms with Crippen molar-refractivity contribution in [3.63, 3.8) is 0 Å². The minimum atomic E-state index is -0.0888. The Hall–Kier alpha value is -0.900. The van der Waals surface area contributed by atoms with E-state index in [4.69, 9.17) is 4.42 Å². The van der Waals surface area contributed by atoms with Crippen LogP contribution in [0.25, 0.3) is 0 Å². The maximum atomic E-state index is 10.8. The Morgan fingerprint density at radius 3 is 3.00 bits per heavy atom. The Bertz CT molecular complexity index is 270. The summed E-state index contributed by atoms with van der Waals surface area (Å²) in [7, 11) is 0. The molecule has 0 radical (unpaired) electrons. The SMILES string of the molecule is Cc1ccoc1CNC(=O)CS. The highest BCUT2D eigenvalue weighted by molar-refractivity contribution is 7.81. The summed E-state index contributed by atoms with van der Waals surface area (Å²) in [4.78, 5) is 10.8. The molecule has 0 bridgehead atoms. The van der Waals surface area contributed by atoms with Crippen molar-refractivity contribution in [1.29, 1.82) is 0 Å². The molecule has 0 fully saturated rings. The molecule has 4 heteroatoms. The van der Waals surface area contributed by atoms with Gasteiger partial charge < -0.3 is 9.73 Å². The molecule has 1 aromatic heterocycles. The number of carbonyl (C=O) groups is 1. The molecular formula is C8H11NO2S. The molecule has 0 saturated heterocycles. The van der Waals surface area contributed by atoms with Gasteiger partial charge in [0.15, 0.2) is 0 Å². The molecule has 0 spiro atoms. The van der Waals surface area contributed by atoms with Crippen LogP contribution in [0.1, 0.15) is 11.3 Å². The number of thiol groups is 1. The number of hydrogen-bond acceptors (Lipinski definition) is 3. The van der Waals surface area contributed by atoms with Gasteiger partial charge in [-0.15, -0.1) is 0 Å². The largest absolute Gasteiger partial charge is 0.467 e. The molecule has 0 atom stereocenters. The smallest absolute Gasteiger partial charge is 0.230 e. The predicted molar refractivity (Wildman–Crippen MR) is 49.1 cm³/mol. The standard InChI is InChI=1S/C8H11NO2S/c1-6-2-3-11-7(6)4-9-8(10)5-12/h2-3,12H,4-5H2,1H3,(H,9,10). The van der Waals surface area contributed by atoms with Crippen LogP contribution in [0.15, 0.2) is 16.7 Å². The van der Waals surface area contributed by atoms with E-state index >= 15 is 0 Å². The first-order valence-electron chi connectivity index (χ1n) is 3.64. The van der Waals surface area contributed by atoms with E-state index in [0.29, 0.717) is 6.54 Å². The molecule has 66 valence electrons. The van der Waals surface area contributed by atoms with E-state index in [1.807, 2.05) is 13.0 Å². The molecule has 1 amide bonds. The van der Waals surface area contributed by atoms with Crippen molar-refractivity contribution in [2.24, 2.45) is 0 Å². The number of carbonyl (C=O) groups excluding carboxylic acids is 1. The molecule has 1 heterocycles. The van der Waals surface area contributed by atoms with Crippen molar-refractivity contribution in [3.05, 3.63) is 23.7 Å². The molecule has 0 aliphatic carbocycles. The van der Waals surface area contributed by atoms with Crippen LogP contribution in [0, 0.1) is 6.92 Å². The quantitative estimate of drug-likeness (QED) is 0.693. The zero-order valence-corrected chi connectivity index (χ0v) is 7.73. The summed E-state index contributed by atoms with van der Waals surface area (Å²) in [5.41, 5.74) is 1.05. The molecule has 1 aromatic rings. The van der Waals surface area contributed by atoms with Gasteiger partial charge in [0.2, 0.25) is 5.91 Å². The minimum Gasteiger partial charge on any atom is -0.467 e. The molecular weight excluding hydrogens is 174 g/mol. The summed E-state index contributed by atoms with van der Waals surface area (Å²) < 4.78 is 5.12. The van der Waals surface area contributed by atoms with E-state index in [-0.39, 0.29) is 11.7 Å². The molecule has 0 aliphatic heterocycles. The fourth-order valence-corrected chi connectivity index (χ4v) is 0.932. The lowest BCUT2D eigenvalue weighted by Crippen LogP contribution is -2.23. The molecule has 3 nitrogen and oxygen atoms in total. The third-order valence-electron chi connectivity index (χ3n) is 1.56. The Morgan fingerprint density at radius 1 is 1.75 bits per heavy atom. The first-order chi connectivity index (χ1) is 5.74. The third-order valence-corrected chi connectivity index (χ3v) is 1.85. The Kier molecular flexibility index (Phi) is 3.22. The Morgan fingerprint density at radius 2 is 2.50 bits per heavy atom. The van der Waals surface area contributed by atoms with E-state index in [2.05, 4.69) is 17.9 Å². The van der Waals surface area contributed by atoms with E-state index < -0.39 is 0 Å². The van der Waals surface area contributed by atoms with Crippen LogP contribution < -0.4 is 5.32 Å². The van der Waals surface area contributed by atoms with Crippen molar-refractivity contribution >= 4 is 18.5 Å². The summed E-state index contributed by atoms with van der Waals surface area (Å²) in [6.45, 7) is 2.38. The first-order valence-corrected chi connectivity index (χ1v) is 4.28. The molecule has 0 saturated carbocycles. The second-order valence-corrected chi connectivity index (χ2v) is 2.78. The molecule has 1 N–H and O–H groups in total. The summed E-state index contributed by atoms with van der Waals surface area (Å²) in [6.07, 6.45) is 1.61. The minimum absolute atomic E-state index is 0.0888. The van der Waals surface area contributed by atoms with Gasteiger partial charge in [0.05, 0.1) is 18.6 Å². The number of aryl methyl sites for hydroxylation is 1. The third kappa shape index (κ3) is 2.30. The molecule has 0 unspecified atom stereocenters. The van der Waals surface area contributed by atoms with Crippen molar-refractivity contribution in [3.8, 4) is 0 Å². The average Bonchev–Trinajstić information content (AvgIpc) is 2.47. The highest BCUT2D eigenvalue weighted by Crippen LogP contribution is 2.07. The van der Waals surface area contributed by atoms with Crippen molar-refractivity contribution in [1.82, 2.24) is 5.32 Å². The van der Waals surface area contributed by atoms with E-state index in [1.54, 1.807) is 6.26 Å². The summed E-state index contributed by atoms with van der Waals surface area (Å²) >= 11 is 3.83. The lowest BCUT2D eigenvalue weighted by molar-refractivity contribution is -0.118. The van der Waals surface area contributed by atoms with E-state index in [0.717, 1.165) is 11.3 Å². The molecule has 12 heavy (non-hydrogen) atoms. The van der Waals surface area contributed by atoms with Gasteiger partial charge in [-0.1, -0.05) is 0 Å². The normalized spacial score (nSPS) is 9.83. The van der Waals surface area contributed by atoms with Crippen LogP contribution in [-0.2, 0) is 11.3 Å². The first kappa shape index (κ1) is 9.19. The lowest BCUT2D eigenvalue weighted by Gasteiger charge is -2.00. The fraction of sp³-hybridized carbons (Fsp3) is 0.375. The van der Waals surface area contributed by atoms with Crippen LogP contribution >= 0.6 is 12.6 Å². The van der Waals surface area contributed by atoms with Gasteiger partial charge in [-0.2, -0.15) is 12.6 Å². The second-order valence-electron chi connectivity index (χ2n) is 2.46. The van der Waals surface area contributed by atoms with Gasteiger partial charge in [-0.3, -0.25) is 4.79 Å². The Balaban J connectivity index is 2.43. The number of rotatable bonds is 3. The maximum absolute atomic E-state index is 10.8. The van der Waals surface area contributed by atoms with E-state index in [9.17, 15) is 4.79 Å². The van der Waals surface area contributed by atoms with E-state index in [1.165, 1.54) is 0 Å². The topological polar surface area (TPSA) is 42.2 Å². The van der Waals surface area contributed by atoms with Crippen LogP contribution in [0.3, 0.4) is 0 Å². The monoisotopic (exact) mass is 185 g/mol. The van der Waals surface area contributed by atoms with Crippen LogP contribution in [0.4, 0.5) is 0 Å². The second kappa shape index (κ2) is 4.21. The summed E-state index contributed by atoms with van der Waals surface area (Å²) in [5, 5.41) is 2.67. The number of amides is 1. The van der Waals surface area contributed by atoms with Crippen LogP contribution in [-0.4, -0.2) is 11.7 Å². The zero-order valence-electron chi connectivity index (χ0n) is 6.83. The molecule has 0 aliphatic rings. The Labute approximate surface area is 76.6 Å². The van der Waals surface area contributed by atoms with Crippen molar-refractivity contribution < 1.29 is 9.21 Å². The zero-order chi connectivity index (χ0) is 8.97. The highest BCUT2D eigenvalue weighted by Gasteiger charge is 2.02. The fourth-order valence-electron chi connectivity index (χ4n) is 0.820. The lowest BCUT2D eigenvalue weighted by atomic mass is 10.3. The van der Waals surface area contributed by atoms with Gasteiger partial charge in [-0.25, -0.2) is 0 Å². The van der Waals surface area contributed by atoms with Crippen molar-refractivity contribution in [2.45, 2.75) is 13.5 Å². The van der Waals surface area contributed by atoms with Crippen molar-refractivity contribution in [2.75, 3.05) is 5.75 Å². The average molecular weight is 185 g/mol. The number of furan rings is 1. The van der Waals surface area contributed by atoms with Crippen LogP contribution in [0.2, 0.25) is 0 Å².